The molecule has 0 rings (SSSR count). The second-order valence-corrected chi connectivity index (χ2v) is 4.34. The molecule has 0 saturated heterocycles. The molecule has 80 valence electrons. The molecule has 0 spiro atoms. The number of thiol groups is 1. The Morgan fingerprint density at radius 2 is 1.69 bits per heavy atom. The van der Waals surface area contributed by atoms with Crippen molar-refractivity contribution in [2.45, 2.75) is 51.7 Å². The van der Waals surface area contributed by atoms with Crippen LogP contribution in [-0.4, -0.2) is 29.8 Å². The highest BCUT2D eigenvalue weighted by atomic mass is 32.1. The van der Waals surface area contributed by atoms with E-state index in [0.717, 1.165) is 0 Å². The highest BCUT2D eigenvalue weighted by molar-refractivity contribution is 7.80. The zero-order valence-electron chi connectivity index (χ0n) is 9.42. The van der Waals surface area contributed by atoms with E-state index in [1.165, 1.54) is 45.3 Å². The molecule has 0 fully saturated rings. The molecule has 0 heterocycles. The molecule has 0 aliphatic rings. The Morgan fingerprint density at radius 3 is 2.15 bits per heavy atom. The van der Waals surface area contributed by atoms with E-state index in [1.807, 2.05) is 0 Å². The van der Waals surface area contributed by atoms with Crippen molar-refractivity contribution >= 4 is 12.6 Å². The minimum atomic E-state index is 0.626. The molecule has 0 radical (unpaired) electrons. The number of hydrogen-bond acceptors (Lipinski definition) is 2. The van der Waals surface area contributed by atoms with Gasteiger partial charge < -0.3 is 4.90 Å². The smallest absolute Gasteiger partial charge is 0.00171 e. The van der Waals surface area contributed by atoms with Gasteiger partial charge in [-0.3, -0.25) is 0 Å². The molecule has 0 bridgehead atoms. The first-order valence-electron chi connectivity index (χ1n) is 5.64. The van der Waals surface area contributed by atoms with Gasteiger partial charge in [0.2, 0.25) is 0 Å². The van der Waals surface area contributed by atoms with E-state index in [-0.39, 0.29) is 0 Å². The molecular formula is C11H25NS. The maximum Gasteiger partial charge on any atom is 0.00171 e. The van der Waals surface area contributed by atoms with Gasteiger partial charge in [-0.1, -0.05) is 27.2 Å². The van der Waals surface area contributed by atoms with Crippen molar-refractivity contribution in [2.24, 2.45) is 0 Å². The Kier molecular flexibility index (Phi) is 9.10. The highest BCUT2D eigenvalue weighted by Crippen LogP contribution is 2.11. The Hall–Kier alpha value is 0.310. The third-order valence-electron chi connectivity index (χ3n) is 2.53. The Bertz CT molecular complexity index is 102. The van der Waals surface area contributed by atoms with Gasteiger partial charge in [-0.25, -0.2) is 0 Å². The topological polar surface area (TPSA) is 3.24 Å². The summed E-state index contributed by atoms with van der Waals surface area (Å²) in [5, 5.41) is 0.626. The van der Waals surface area contributed by atoms with E-state index in [0.29, 0.717) is 5.25 Å². The summed E-state index contributed by atoms with van der Waals surface area (Å²) in [7, 11) is 0. The van der Waals surface area contributed by atoms with Crippen LogP contribution in [0.5, 0.6) is 0 Å². The zero-order chi connectivity index (χ0) is 10.1. The summed E-state index contributed by atoms with van der Waals surface area (Å²) in [6, 6.07) is 0. The van der Waals surface area contributed by atoms with Crippen LogP contribution in [0.2, 0.25) is 0 Å². The molecule has 2 heteroatoms. The molecule has 1 unspecified atom stereocenters. The van der Waals surface area contributed by atoms with Crippen LogP contribution in [0, 0.1) is 0 Å². The Balaban J connectivity index is 3.32. The van der Waals surface area contributed by atoms with Gasteiger partial charge in [0.15, 0.2) is 0 Å². The standard InChI is InChI=1S/C11H25NS/c1-4-8-11(13)9-7-10-12(5-2)6-3/h11,13H,4-10H2,1-3H3. The Morgan fingerprint density at radius 1 is 1.08 bits per heavy atom. The second kappa shape index (κ2) is 8.89. The molecule has 1 atom stereocenters. The van der Waals surface area contributed by atoms with E-state index in [4.69, 9.17) is 0 Å². The largest absolute Gasteiger partial charge is 0.304 e. The molecule has 0 aromatic heterocycles. The molecule has 0 aromatic carbocycles. The van der Waals surface area contributed by atoms with Crippen LogP contribution >= 0.6 is 12.6 Å². The van der Waals surface area contributed by atoms with Crippen LogP contribution in [0.3, 0.4) is 0 Å². The molecule has 0 saturated carbocycles. The SMILES string of the molecule is CCCC(S)CCCN(CC)CC. The van der Waals surface area contributed by atoms with Crippen LogP contribution in [0.25, 0.3) is 0 Å². The quantitative estimate of drug-likeness (QED) is 0.593. The van der Waals surface area contributed by atoms with Gasteiger partial charge >= 0.3 is 0 Å². The highest BCUT2D eigenvalue weighted by Gasteiger charge is 2.03. The van der Waals surface area contributed by atoms with Crippen LogP contribution < -0.4 is 0 Å². The number of hydrogen-bond donors (Lipinski definition) is 1. The Labute approximate surface area is 89.3 Å². The zero-order valence-corrected chi connectivity index (χ0v) is 10.3. The van der Waals surface area contributed by atoms with Crippen molar-refractivity contribution < 1.29 is 0 Å². The van der Waals surface area contributed by atoms with E-state index in [2.05, 4.69) is 38.3 Å². The van der Waals surface area contributed by atoms with Gasteiger partial charge in [-0.05, 0) is 38.9 Å². The molecule has 13 heavy (non-hydrogen) atoms. The molecule has 1 nitrogen and oxygen atoms in total. The van der Waals surface area contributed by atoms with Gasteiger partial charge in [0.25, 0.3) is 0 Å². The van der Waals surface area contributed by atoms with Crippen molar-refractivity contribution in [3.8, 4) is 0 Å². The summed E-state index contributed by atoms with van der Waals surface area (Å²) in [5.74, 6) is 0. The van der Waals surface area contributed by atoms with Gasteiger partial charge in [0.05, 0.1) is 0 Å². The van der Waals surface area contributed by atoms with Crippen LogP contribution in [0.15, 0.2) is 0 Å². The predicted molar refractivity (Wildman–Crippen MR) is 64.7 cm³/mol. The van der Waals surface area contributed by atoms with Gasteiger partial charge in [-0.2, -0.15) is 12.6 Å². The van der Waals surface area contributed by atoms with E-state index < -0.39 is 0 Å². The fourth-order valence-electron chi connectivity index (χ4n) is 1.57. The van der Waals surface area contributed by atoms with E-state index in [1.54, 1.807) is 0 Å². The third-order valence-corrected chi connectivity index (χ3v) is 3.04. The van der Waals surface area contributed by atoms with Crippen molar-refractivity contribution in [1.82, 2.24) is 4.90 Å². The minimum Gasteiger partial charge on any atom is -0.304 e. The van der Waals surface area contributed by atoms with Gasteiger partial charge in [-0.15, -0.1) is 0 Å². The summed E-state index contributed by atoms with van der Waals surface area (Å²) in [4.78, 5) is 2.48. The summed E-state index contributed by atoms with van der Waals surface area (Å²) in [6.45, 7) is 10.3. The van der Waals surface area contributed by atoms with E-state index >= 15 is 0 Å². The average Bonchev–Trinajstić information content (AvgIpc) is 2.13. The summed E-state index contributed by atoms with van der Waals surface area (Å²) in [5.41, 5.74) is 0. The predicted octanol–water partition coefficient (Wildman–Crippen LogP) is 3.21. The molecular weight excluding hydrogens is 178 g/mol. The molecule has 0 aliphatic heterocycles. The molecule has 0 amide bonds. The lowest BCUT2D eigenvalue weighted by molar-refractivity contribution is 0.296. The lowest BCUT2D eigenvalue weighted by Crippen LogP contribution is -2.24. The average molecular weight is 203 g/mol. The summed E-state index contributed by atoms with van der Waals surface area (Å²) in [6.07, 6.45) is 5.10. The van der Waals surface area contributed by atoms with Crippen molar-refractivity contribution in [2.75, 3.05) is 19.6 Å². The van der Waals surface area contributed by atoms with Crippen LogP contribution in [-0.2, 0) is 0 Å². The molecule has 0 aliphatic carbocycles. The minimum absolute atomic E-state index is 0.626. The first-order valence-corrected chi connectivity index (χ1v) is 6.16. The molecule has 0 aromatic rings. The first kappa shape index (κ1) is 13.3. The van der Waals surface area contributed by atoms with Crippen LogP contribution in [0.4, 0.5) is 0 Å². The normalized spacial score (nSPS) is 13.6. The van der Waals surface area contributed by atoms with Crippen LogP contribution in [0.1, 0.15) is 46.5 Å². The summed E-state index contributed by atoms with van der Waals surface area (Å²) >= 11 is 4.55. The lowest BCUT2D eigenvalue weighted by Gasteiger charge is -2.18. The van der Waals surface area contributed by atoms with Gasteiger partial charge in [0.1, 0.15) is 0 Å². The maximum absolute atomic E-state index is 4.55. The summed E-state index contributed by atoms with van der Waals surface area (Å²) < 4.78 is 0. The fraction of sp³-hybridized carbons (Fsp3) is 1.00. The first-order chi connectivity index (χ1) is 6.24. The maximum atomic E-state index is 4.55. The van der Waals surface area contributed by atoms with Gasteiger partial charge in [0, 0.05) is 5.25 Å². The number of nitrogens with zero attached hydrogens (tertiary/aromatic N) is 1. The van der Waals surface area contributed by atoms with Crippen molar-refractivity contribution in [3.05, 3.63) is 0 Å². The fourth-order valence-corrected chi connectivity index (χ4v) is 2.01. The monoisotopic (exact) mass is 203 g/mol. The second-order valence-electron chi connectivity index (χ2n) is 3.61. The lowest BCUT2D eigenvalue weighted by atomic mass is 10.1. The van der Waals surface area contributed by atoms with Crippen molar-refractivity contribution in [3.63, 3.8) is 0 Å². The molecule has 0 N–H and O–H groups in total. The van der Waals surface area contributed by atoms with Crippen molar-refractivity contribution in [1.29, 1.82) is 0 Å². The third kappa shape index (κ3) is 7.39. The number of rotatable bonds is 8. The van der Waals surface area contributed by atoms with E-state index in [9.17, 15) is 0 Å².